The summed E-state index contributed by atoms with van der Waals surface area (Å²) >= 11 is 0. The topological polar surface area (TPSA) is 84.3 Å². The summed E-state index contributed by atoms with van der Waals surface area (Å²) in [4.78, 5) is 24.2. The van der Waals surface area contributed by atoms with Gasteiger partial charge in [0, 0.05) is 18.7 Å². The average molecular weight is 230 g/mol. The van der Waals surface area contributed by atoms with Crippen molar-refractivity contribution in [3.05, 3.63) is 33.1 Å². The number of aliphatic hydroxyl groups is 1. The second-order valence-electron chi connectivity index (χ2n) is 3.60. The Hall–Kier alpha value is -1.47. The zero-order valence-corrected chi connectivity index (χ0v) is 8.30. The van der Waals surface area contributed by atoms with E-state index in [1.54, 1.807) is 0 Å². The Labute approximate surface area is 89.3 Å². The number of aromatic nitrogens is 2. The number of aliphatic hydroxyl groups excluding tert-OH is 1. The van der Waals surface area contributed by atoms with Crippen molar-refractivity contribution < 1.29 is 14.2 Å². The van der Waals surface area contributed by atoms with Gasteiger partial charge in [-0.15, -0.1) is 0 Å². The Morgan fingerprint density at radius 2 is 2.38 bits per heavy atom. The number of hydrogen-bond acceptors (Lipinski definition) is 4. The van der Waals surface area contributed by atoms with Gasteiger partial charge in [0.05, 0.1) is 12.7 Å². The second kappa shape index (κ2) is 4.18. The van der Waals surface area contributed by atoms with Gasteiger partial charge in [0.15, 0.2) is 6.23 Å². The van der Waals surface area contributed by atoms with Crippen LogP contribution in [0.4, 0.5) is 4.39 Å². The minimum atomic E-state index is -1.37. The number of nitrogens with zero attached hydrogens (tertiary/aromatic N) is 1. The number of rotatable bonds is 2. The van der Waals surface area contributed by atoms with E-state index in [4.69, 9.17) is 9.84 Å². The van der Waals surface area contributed by atoms with Gasteiger partial charge in [-0.05, 0) is 0 Å². The van der Waals surface area contributed by atoms with E-state index in [0.29, 0.717) is 0 Å². The van der Waals surface area contributed by atoms with Crippen LogP contribution in [0.1, 0.15) is 12.6 Å². The lowest BCUT2D eigenvalue weighted by atomic mass is 10.2. The molecule has 2 heterocycles. The summed E-state index contributed by atoms with van der Waals surface area (Å²) in [5.41, 5.74) is -1.27. The van der Waals surface area contributed by atoms with Crippen LogP contribution in [-0.4, -0.2) is 33.5 Å². The number of alkyl halides is 1. The Balaban J connectivity index is 2.31. The van der Waals surface area contributed by atoms with Gasteiger partial charge in [0.25, 0.3) is 5.56 Å². The van der Waals surface area contributed by atoms with Gasteiger partial charge in [-0.2, -0.15) is 0 Å². The molecule has 0 bridgehead atoms. The van der Waals surface area contributed by atoms with E-state index >= 15 is 0 Å². The SMILES string of the molecule is O=c1ccn([C@@H]2O[C@@H](CO)C[C@H]2F)c(=O)[nH]1. The third-order valence-electron chi connectivity index (χ3n) is 2.46. The molecule has 1 fully saturated rings. The van der Waals surface area contributed by atoms with E-state index < -0.39 is 29.8 Å². The molecule has 0 amide bonds. The molecule has 1 aliphatic rings. The van der Waals surface area contributed by atoms with Crippen LogP contribution in [0.5, 0.6) is 0 Å². The van der Waals surface area contributed by atoms with E-state index in [9.17, 15) is 14.0 Å². The molecule has 88 valence electrons. The molecule has 0 aliphatic carbocycles. The van der Waals surface area contributed by atoms with Crippen molar-refractivity contribution in [2.45, 2.75) is 24.9 Å². The van der Waals surface area contributed by atoms with Crippen LogP contribution in [0.3, 0.4) is 0 Å². The standard InChI is InChI=1S/C9H11FN2O4/c10-6-3-5(4-13)16-8(6)12-2-1-7(14)11-9(12)15/h1-2,5-6,8,13H,3-4H2,(H,11,14,15)/t5-,6-,8-/m1/s1. The van der Waals surface area contributed by atoms with Gasteiger partial charge < -0.3 is 9.84 Å². The van der Waals surface area contributed by atoms with Crippen molar-refractivity contribution in [3.63, 3.8) is 0 Å². The van der Waals surface area contributed by atoms with Crippen LogP contribution in [0.25, 0.3) is 0 Å². The molecule has 6 nitrogen and oxygen atoms in total. The first-order valence-electron chi connectivity index (χ1n) is 4.83. The van der Waals surface area contributed by atoms with Gasteiger partial charge in [0.1, 0.15) is 6.17 Å². The quantitative estimate of drug-likeness (QED) is 0.693. The minimum absolute atomic E-state index is 0.0345. The Kier molecular flexibility index (Phi) is 2.88. The molecule has 0 radical (unpaired) electrons. The predicted molar refractivity (Wildman–Crippen MR) is 51.8 cm³/mol. The molecule has 1 aromatic rings. The van der Waals surface area contributed by atoms with Crippen molar-refractivity contribution in [2.75, 3.05) is 6.61 Å². The summed E-state index contributed by atoms with van der Waals surface area (Å²) in [6, 6.07) is 1.11. The molecule has 1 aromatic heterocycles. The molecular weight excluding hydrogens is 219 g/mol. The van der Waals surface area contributed by atoms with Gasteiger partial charge in [-0.25, -0.2) is 9.18 Å². The summed E-state index contributed by atoms with van der Waals surface area (Å²) in [6.45, 7) is -0.297. The van der Waals surface area contributed by atoms with Crippen LogP contribution < -0.4 is 11.2 Å². The molecule has 7 heteroatoms. The van der Waals surface area contributed by atoms with Gasteiger partial charge >= 0.3 is 5.69 Å². The van der Waals surface area contributed by atoms with E-state index in [1.165, 1.54) is 6.20 Å². The van der Waals surface area contributed by atoms with E-state index in [-0.39, 0.29) is 13.0 Å². The zero-order chi connectivity index (χ0) is 11.7. The second-order valence-corrected chi connectivity index (χ2v) is 3.60. The number of H-pyrrole nitrogens is 1. The zero-order valence-electron chi connectivity index (χ0n) is 8.30. The lowest BCUT2D eigenvalue weighted by Crippen LogP contribution is -2.34. The highest BCUT2D eigenvalue weighted by Crippen LogP contribution is 2.29. The third kappa shape index (κ3) is 1.91. The summed E-state index contributed by atoms with van der Waals surface area (Å²) in [5, 5.41) is 8.83. The van der Waals surface area contributed by atoms with Crippen LogP contribution in [0.15, 0.2) is 21.9 Å². The highest BCUT2D eigenvalue weighted by atomic mass is 19.1. The minimum Gasteiger partial charge on any atom is -0.394 e. The molecule has 0 saturated carbocycles. The van der Waals surface area contributed by atoms with Crippen molar-refractivity contribution >= 4 is 0 Å². The van der Waals surface area contributed by atoms with E-state index in [1.807, 2.05) is 4.98 Å². The molecule has 0 unspecified atom stereocenters. The molecule has 2 rings (SSSR count). The molecular formula is C9H11FN2O4. The van der Waals surface area contributed by atoms with Crippen LogP contribution in [0, 0.1) is 0 Å². The fraction of sp³-hybridized carbons (Fsp3) is 0.556. The molecule has 2 N–H and O–H groups in total. The predicted octanol–water partition coefficient (Wildman–Crippen LogP) is -0.846. The molecule has 0 aromatic carbocycles. The first-order chi connectivity index (χ1) is 7.61. The van der Waals surface area contributed by atoms with E-state index in [2.05, 4.69) is 0 Å². The maximum Gasteiger partial charge on any atom is 0.330 e. The molecule has 3 atom stereocenters. The lowest BCUT2D eigenvalue weighted by molar-refractivity contribution is -0.0394. The van der Waals surface area contributed by atoms with Crippen molar-refractivity contribution in [1.82, 2.24) is 9.55 Å². The number of hydrogen-bond donors (Lipinski definition) is 2. The molecule has 16 heavy (non-hydrogen) atoms. The molecule has 1 aliphatic heterocycles. The van der Waals surface area contributed by atoms with Crippen molar-refractivity contribution in [1.29, 1.82) is 0 Å². The third-order valence-corrected chi connectivity index (χ3v) is 2.46. The summed E-state index contributed by atoms with van der Waals surface area (Å²) in [6.07, 6.45) is -1.86. The largest absolute Gasteiger partial charge is 0.394 e. The maximum atomic E-state index is 13.5. The van der Waals surface area contributed by atoms with Crippen LogP contribution >= 0.6 is 0 Å². The average Bonchev–Trinajstić information content (AvgIpc) is 2.60. The maximum absolute atomic E-state index is 13.5. The molecule has 1 saturated heterocycles. The lowest BCUT2D eigenvalue weighted by Gasteiger charge is -2.15. The number of nitrogens with one attached hydrogen (secondary N) is 1. The van der Waals surface area contributed by atoms with E-state index in [0.717, 1.165) is 10.6 Å². The number of aromatic amines is 1. The monoisotopic (exact) mass is 230 g/mol. The first kappa shape index (κ1) is 11.0. The highest BCUT2D eigenvalue weighted by molar-refractivity contribution is 4.88. The molecule has 0 spiro atoms. The summed E-state index contributed by atoms with van der Waals surface area (Å²) in [5.74, 6) is 0. The van der Waals surface area contributed by atoms with Crippen LogP contribution in [-0.2, 0) is 4.74 Å². The van der Waals surface area contributed by atoms with Gasteiger partial charge in [-0.3, -0.25) is 14.3 Å². The summed E-state index contributed by atoms with van der Waals surface area (Å²) < 4.78 is 19.6. The highest BCUT2D eigenvalue weighted by Gasteiger charge is 2.36. The van der Waals surface area contributed by atoms with Gasteiger partial charge in [-0.1, -0.05) is 0 Å². The summed E-state index contributed by atoms with van der Waals surface area (Å²) in [7, 11) is 0. The van der Waals surface area contributed by atoms with Gasteiger partial charge in [0.2, 0.25) is 0 Å². The Bertz CT molecular complexity index is 483. The number of ether oxygens (including phenoxy) is 1. The fourth-order valence-electron chi connectivity index (χ4n) is 1.69. The van der Waals surface area contributed by atoms with Crippen molar-refractivity contribution in [2.24, 2.45) is 0 Å². The Morgan fingerprint density at radius 3 is 2.94 bits per heavy atom. The number of halogens is 1. The normalized spacial score (nSPS) is 29.5. The Morgan fingerprint density at radius 1 is 1.62 bits per heavy atom. The smallest absolute Gasteiger partial charge is 0.330 e. The van der Waals surface area contributed by atoms with Crippen LogP contribution in [0.2, 0.25) is 0 Å². The van der Waals surface area contributed by atoms with Crippen molar-refractivity contribution in [3.8, 4) is 0 Å². The first-order valence-corrected chi connectivity index (χ1v) is 4.83. The fourth-order valence-corrected chi connectivity index (χ4v) is 1.69.